The summed E-state index contributed by atoms with van der Waals surface area (Å²) in [5, 5.41) is -0.413. The number of rotatable bonds is 3. The minimum Gasteiger partial charge on any atom is -0.463 e. The number of esters is 1. The van der Waals surface area contributed by atoms with Crippen molar-refractivity contribution in [2.24, 2.45) is 0 Å². The SMILES string of the molecule is COC(=O)c1oc(C2=CC(c3cc(Cl)c(Cl)c(Cl)c3)(C(F)(F)F)ON2)cc1C. The summed E-state index contributed by atoms with van der Waals surface area (Å²) in [5.74, 6) is -0.945. The number of alkyl halides is 3. The molecule has 3 rings (SSSR count). The number of methoxy groups -OCH3 is 1. The van der Waals surface area contributed by atoms with E-state index in [0.717, 1.165) is 25.3 Å². The van der Waals surface area contributed by atoms with Gasteiger partial charge in [-0.3, -0.25) is 10.3 Å². The van der Waals surface area contributed by atoms with Crippen molar-refractivity contribution in [2.75, 3.05) is 7.11 Å². The molecular formula is C17H11Cl3F3NO4. The summed E-state index contributed by atoms with van der Waals surface area (Å²) in [6.45, 7) is 1.55. The number of hydrogen-bond acceptors (Lipinski definition) is 5. The van der Waals surface area contributed by atoms with E-state index < -0.39 is 23.3 Å². The van der Waals surface area contributed by atoms with Gasteiger partial charge in [0, 0.05) is 11.1 Å². The van der Waals surface area contributed by atoms with Crippen LogP contribution < -0.4 is 5.48 Å². The first-order valence-corrected chi connectivity index (χ1v) is 8.71. The second-order valence-corrected chi connectivity index (χ2v) is 7.06. The fourth-order valence-corrected chi connectivity index (χ4v) is 3.24. The summed E-state index contributed by atoms with van der Waals surface area (Å²) in [5.41, 5.74) is -0.865. The number of carbonyl (C=O) groups excluding carboxylic acids is 1. The standard InChI is InChI=1S/C17H11Cl3F3NO4/c1-7-3-12(27-14(7)15(25)26-2)11-6-16(28-24-11,17(21,22)23)8-4-9(18)13(20)10(19)5-8/h3-6,24H,1-2H3. The Morgan fingerprint density at radius 2 is 1.79 bits per heavy atom. The lowest BCUT2D eigenvalue weighted by Gasteiger charge is -2.29. The fraction of sp³-hybridized carbons (Fsp3) is 0.235. The lowest BCUT2D eigenvalue weighted by molar-refractivity contribution is -0.269. The van der Waals surface area contributed by atoms with Gasteiger partial charge in [0.2, 0.25) is 11.4 Å². The Bertz CT molecular complexity index is 964. The third-order valence-corrected chi connectivity index (χ3v) is 5.25. The van der Waals surface area contributed by atoms with Crippen LogP contribution in [0.15, 0.2) is 28.7 Å². The molecule has 0 bridgehead atoms. The van der Waals surface area contributed by atoms with Crippen molar-refractivity contribution < 1.29 is 32.0 Å². The highest BCUT2D eigenvalue weighted by Gasteiger charge is 2.60. The second kappa shape index (κ2) is 7.18. The number of ether oxygens (including phenoxy) is 1. The molecule has 0 fully saturated rings. The van der Waals surface area contributed by atoms with Crippen molar-refractivity contribution in [2.45, 2.75) is 18.7 Å². The zero-order valence-electron chi connectivity index (χ0n) is 14.2. The van der Waals surface area contributed by atoms with Crippen molar-refractivity contribution in [3.8, 4) is 0 Å². The van der Waals surface area contributed by atoms with Crippen LogP contribution in [0.2, 0.25) is 15.1 Å². The zero-order valence-corrected chi connectivity index (χ0v) is 16.5. The van der Waals surface area contributed by atoms with Crippen molar-refractivity contribution in [1.29, 1.82) is 0 Å². The van der Waals surface area contributed by atoms with Gasteiger partial charge in [0.05, 0.1) is 22.2 Å². The maximum absolute atomic E-state index is 14.0. The van der Waals surface area contributed by atoms with E-state index in [1.807, 2.05) is 0 Å². The molecule has 0 radical (unpaired) electrons. The highest BCUT2D eigenvalue weighted by atomic mass is 35.5. The van der Waals surface area contributed by atoms with Gasteiger partial charge in [0.25, 0.3) is 0 Å². The van der Waals surface area contributed by atoms with Gasteiger partial charge in [-0.15, -0.1) is 0 Å². The lowest BCUT2D eigenvalue weighted by Crippen LogP contribution is -2.42. The van der Waals surface area contributed by atoms with Crippen molar-refractivity contribution >= 4 is 46.5 Å². The van der Waals surface area contributed by atoms with E-state index in [-0.39, 0.29) is 32.3 Å². The molecule has 1 aromatic carbocycles. The minimum absolute atomic E-state index is 0.0461. The summed E-state index contributed by atoms with van der Waals surface area (Å²) >= 11 is 17.6. The number of benzene rings is 1. The molecule has 1 aromatic heterocycles. The fourth-order valence-electron chi connectivity index (χ4n) is 2.64. The van der Waals surface area contributed by atoms with Crippen LogP contribution in [0.1, 0.15) is 27.4 Å². The molecule has 0 saturated carbocycles. The first kappa shape index (κ1) is 20.9. The number of furan rings is 1. The third-order valence-electron chi connectivity index (χ3n) is 4.06. The van der Waals surface area contributed by atoms with Crippen LogP contribution >= 0.6 is 34.8 Å². The van der Waals surface area contributed by atoms with E-state index in [4.69, 9.17) is 44.1 Å². The van der Waals surface area contributed by atoms with Crippen LogP contribution in [0.5, 0.6) is 0 Å². The van der Waals surface area contributed by atoms with Gasteiger partial charge in [-0.05, 0) is 31.2 Å². The quantitative estimate of drug-likeness (QED) is 0.476. The number of carbonyl (C=O) groups is 1. The molecule has 1 N–H and O–H groups in total. The average Bonchev–Trinajstić information content (AvgIpc) is 3.23. The van der Waals surface area contributed by atoms with Gasteiger partial charge in [-0.1, -0.05) is 34.8 Å². The zero-order chi connectivity index (χ0) is 20.9. The van der Waals surface area contributed by atoms with Crippen LogP contribution in [0, 0.1) is 6.92 Å². The van der Waals surface area contributed by atoms with Gasteiger partial charge in [0.1, 0.15) is 5.70 Å². The molecule has 0 aliphatic carbocycles. The third kappa shape index (κ3) is 3.34. The van der Waals surface area contributed by atoms with Crippen LogP contribution in [0.4, 0.5) is 13.2 Å². The van der Waals surface area contributed by atoms with Crippen molar-refractivity contribution in [3.63, 3.8) is 0 Å². The molecule has 28 heavy (non-hydrogen) atoms. The van der Waals surface area contributed by atoms with Gasteiger partial charge < -0.3 is 9.15 Å². The molecule has 1 aliphatic rings. The number of aryl methyl sites for hydroxylation is 1. The van der Waals surface area contributed by atoms with Gasteiger partial charge in [-0.2, -0.15) is 13.2 Å². The Kier molecular flexibility index (Phi) is 5.35. The molecule has 150 valence electrons. The highest BCUT2D eigenvalue weighted by Crippen LogP contribution is 2.49. The van der Waals surface area contributed by atoms with Crippen LogP contribution in [-0.4, -0.2) is 19.3 Å². The van der Waals surface area contributed by atoms with E-state index in [2.05, 4.69) is 10.2 Å². The Morgan fingerprint density at radius 1 is 1.18 bits per heavy atom. The summed E-state index contributed by atoms with van der Waals surface area (Å²) in [4.78, 5) is 16.6. The Labute approximate surface area is 171 Å². The topological polar surface area (TPSA) is 60.7 Å². The number of hydrogen-bond donors (Lipinski definition) is 1. The minimum atomic E-state index is -4.89. The van der Waals surface area contributed by atoms with E-state index >= 15 is 0 Å². The summed E-state index contributed by atoms with van der Waals surface area (Å²) in [7, 11) is 1.16. The normalized spacial score (nSPS) is 19.4. The summed E-state index contributed by atoms with van der Waals surface area (Å²) < 4.78 is 51.9. The van der Waals surface area contributed by atoms with Crippen molar-refractivity contribution in [1.82, 2.24) is 5.48 Å². The molecule has 1 aliphatic heterocycles. The molecular weight excluding hydrogens is 446 g/mol. The van der Waals surface area contributed by atoms with Gasteiger partial charge in [0.15, 0.2) is 5.76 Å². The molecule has 0 saturated heterocycles. The molecule has 1 atom stereocenters. The Hall–Kier alpha value is -1.87. The molecule has 5 nitrogen and oxygen atoms in total. The molecule has 2 aromatic rings. The lowest BCUT2D eigenvalue weighted by atomic mass is 9.92. The van der Waals surface area contributed by atoms with Gasteiger partial charge in [-0.25, -0.2) is 4.79 Å². The summed E-state index contributed by atoms with van der Waals surface area (Å²) in [6.07, 6.45) is -4.13. The Balaban J connectivity index is 2.13. The maximum atomic E-state index is 14.0. The molecule has 2 heterocycles. The predicted octanol–water partition coefficient (Wildman–Crippen LogP) is 5.67. The average molecular weight is 457 g/mol. The van der Waals surface area contributed by atoms with E-state index in [1.165, 1.54) is 6.07 Å². The van der Waals surface area contributed by atoms with E-state index in [1.54, 1.807) is 6.92 Å². The van der Waals surface area contributed by atoms with E-state index in [0.29, 0.717) is 5.56 Å². The van der Waals surface area contributed by atoms with E-state index in [9.17, 15) is 18.0 Å². The molecule has 0 spiro atoms. The van der Waals surface area contributed by atoms with Crippen LogP contribution in [0.25, 0.3) is 5.70 Å². The first-order chi connectivity index (χ1) is 13.0. The van der Waals surface area contributed by atoms with Crippen LogP contribution in [0.3, 0.4) is 0 Å². The number of halogens is 6. The van der Waals surface area contributed by atoms with Gasteiger partial charge >= 0.3 is 12.1 Å². The maximum Gasteiger partial charge on any atom is 0.428 e. The van der Waals surface area contributed by atoms with Crippen molar-refractivity contribution in [3.05, 3.63) is 62.0 Å². The molecule has 11 heteroatoms. The first-order valence-electron chi connectivity index (χ1n) is 7.58. The second-order valence-electron chi connectivity index (χ2n) is 5.86. The summed E-state index contributed by atoms with van der Waals surface area (Å²) in [6, 6.07) is 3.40. The van der Waals surface area contributed by atoms with Crippen LogP contribution in [-0.2, 0) is 15.2 Å². The number of hydroxylamine groups is 1. The predicted molar refractivity (Wildman–Crippen MR) is 96.2 cm³/mol. The molecule has 1 unspecified atom stereocenters. The largest absolute Gasteiger partial charge is 0.463 e. The molecule has 0 amide bonds. The highest BCUT2D eigenvalue weighted by molar-refractivity contribution is 6.48. The number of nitrogens with one attached hydrogen (secondary N) is 1. The Morgan fingerprint density at radius 3 is 2.32 bits per heavy atom. The monoisotopic (exact) mass is 455 g/mol. The smallest absolute Gasteiger partial charge is 0.428 e.